The summed E-state index contributed by atoms with van der Waals surface area (Å²) >= 11 is 0. The van der Waals surface area contributed by atoms with Crippen LogP contribution in [0.2, 0.25) is 0 Å². The highest BCUT2D eigenvalue weighted by atomic mass is 16.6. The Bertz CT molecular complexity index is 1720. The molecule has 0 atom stereocenters. The van der Waals surface area contributed by atoms with Crippen molar-refractivity contribution in [3.8, 4) is 45.5 Å². The summed E-state index contributed by atoms with van der Waals surface area (Å²) in [5.41, 5.74) is 12.7. The van der Waals surface area contributed by atoms with Crippen molar-refractivity contribution in [3.63, 3.8) is 0 Å². The minimum atomic E-state index is -0.745. The number of ether oxygens (including phenoxy) is 3. The molecule has 296 valence electrons. The minimum absolute atomic E-state index is 0.121. The molecule has 0 saturated heterocycles. The number of rotatable bonds is 16. The topological polar surface area (TPSA) is 224 Å². The number of aryl methyl sites for hydroxylation is 2. The van der Waals surface area contributed by atoms with Crippen LogP contribution in [0, 0.1) is 0 Å². The van der Waals surface area contributed by atoms with Gasteiger partial charge in [0.2, 0.25) is 11.8 Å². The minimum Gasteiger partial charge on any atom is -0.453 e. The van der Waals surface area contributed by atoms with Gasteiger partial charge in [0, 0.05) is 64.1 Å². The number of methoxy groups -OCH3 is 1. The summed E-state index contributed by atoms with van der Waals surface area (Å²) in [5, 5.41) is 9.96. The molecule has 0 saturated carbocycles. The monoisotopic (exact) mass is 750 g/mol. The number of nitrogens with zero attached hydrogens (tertiary/aromatic N) is 3. The molecule has 2 aromatic carbocycles. The van der Waals surface area contributed by atoms with E-state index in [0.29, 0.717) is 42.4 Å². The SMILES string of the molecule is CCCC(=O)NCCCCc1ncc(-c2ccc3c(c2)Oc2ccc(-c4cnc(CCCCN(C)C(=O)CCC)[nH]4)cc2O3)[nH]1.CN.CO.COC(N)=O. The Balaban J connectivity index is 0.00000102. The number of hydrogen-bond acceptors (Lipinski definition) is 10. The smallest absolute Gasteiger partial charge is 0.404 e. The van der Waals surface area contributed by atoms with Crippen molar-refractivity contribution in [3.05, 3.63) is 60.4 Å². The highest BCUT2D eigenvalue weighted by molar-refractivity contribution is 5.76. The van der Waals surface area contributed by atoms with Gasteiger partial charge in [0.25, 0.3) is 0 Å². The number of hydrogen-bond donors (Lipinski definition) is 6. The predicted octanol–water partition coefficient (Wildman–Crippen LogP) is 6.08. The lowest BCUT2D eigenvalue weighted by atomic mass is 10.1. The van der Waals surface area contributed by atoms with Gasteiger partial charge in [0.1, 0.15) is 11.6 Å². The Labute approximate surface area is 318 Å². The van der Waals surface area contributed by atoms with Crippen molar-refractivity contribution < 1.29 is 33.7 Å². The number of carbonyl (C=O) groups is 3. The summed E-state index contributed by atoms with van der Waals surface area (Å²) in [6.07, 6.45) is 11.3. The van der Waals surface area contributed by atoms with Crippen molar-refractivity contribution >= 4 is 17.9 Å². The molecule has 3 heterocycles. The number of amides is 3. The number of imidazole rings is 2. The maximum Gasteiger partial charge on any atom is 0.404 e. The molecule has 5 rings (SSSR count). The first-order valence-electron chi connectivity index (χ1n) is 18.3. The van der Waals surface area contributed by atoms with Gasteiger partial charge in [-0.2, -0.15) is 0 Å². The van der Waals surface area contributed by atoms with Crippen molar-refractivity contribution in [1.82, 2.24) is 30.2 Å². The average molecular weight is 751 g/mol. The molecule has 1 aliphatic rings. The van der Waals surface area contributed by atoms with Gasteiger partial charge in [-0.05, 0) is 82.0 Å². The van der Waals surface area contributed by atoms with Gasteiger partial charge in [0.05, 0.1) is 30.9 Å². The van der Waals surface area contributed by atoms with E-state index in [1.54, 1.807) is 0 Å². The number of primary amides is 1. The van der Waals surface area contributed by atoms with Gasteiger partial charge in [0.15, 0.2) is 23.0 Å². The molecule has 0 spiro atoms. The third kappa shape index (κ3) is 14.5. The standard InChI is InChI=1S/C35H44N6O4.C2H5NO2.CH5N.CH4O/c1-4-10-34(42)36-18-8-6-12-32-37-22-26(39-32)24-14-16-28-30(20-24)44-29-17-15-25(21-31(29)45-28)27-23-38-33(40-27)13-7-9-19-41(3)35(43)11-5-2;1-5-2(3)4;2*1-2/h14-17,20-23H,4-13,18-19H2,1-3H3,(H,36,42)(H,37,39)(H,38,40);1H3,(H2,3,4);2H2,1H3;2H,1H3. The molecule has 15 heteroatoms. The highest BCUT2D eigenvalue weighted by Gasteiger charge is 2.21. The molecule has 0 aliphatic carbocycles. The maximum atomic E-state index is 12.0. The van der Waals surface area contributed by atoms with E-state index in [-0.39, 0.29) is 11.8 Å². The molecule has 0 bridgehead atoms. The lowest BCUT2D eigenvalue weighted by Gasteiger charge is -2.21. The van der Waals surface area contributed by atoms with Crippen molar-refractivity contribution in [2.24, 2.45) is 11.5 Å². The zero-order chi connectivity index (χ0) is 39.9. The van der Waals surface area contributed by atoms with Crippen LogP contribution in [0.4, 0.5) is 4.79 Å². The second-order valence-corrected chi connectivity index (χ2v) is 12.1. The Morgan fingerprint density at radius 1 is 0.796 bits per heavy atom. The maximum absolute atomic E-state index is 12.0. The van der Waals surface area contributed by atoms with Gasteiger partial charge in [-0.3, -0.25) is 9.59 Å². The van der Waals surface area contributed by atoms with Gasteiger partial charge in [-0.15, -0.1) is 0 Å². The summed E-state index contributed by atoms with van der Waals surface area (Å²) in [4.78, 5) is 50.7. The summed E-state index contributed by atoms with van der Waals surface area (Å²) in [6, 6.07) is 11.8. The third-order valence-electron chi connectivity index (χ3n) is 8.09. The predicted molar refractivity (Wildman–Crippen MR) is 209 cm³/mol. The number of aliphatic hydroxyl groups excluding tert-OH is 1. The largest absolute Gasteiger partial charge is 0.453 e. The van der Waals surface area contributed by atoms with Crippen molar-refractivity contribution in [2.75, 3.05) is 41.4 Å². The van der Waals surface area contributed by atoms with Gasteiger partial charge >= 0.3 is 6.09 Å². The van der Waals surface area contributed by atoms with Crippen LogP contribution < -0.4 is 26.3 Å². The van der Waals surface area contributed by atoms with Crippen LogP contribution in [-0.4, -0.2) is 89.3 Å². The first kappa shape index (κ1) is 44.7. The van der Waals surface area contributed by atoms with Crippen LogP contribution in [0.3, 0.4) is 0 Å². The van der Waals surface area contributed by atoms with Gasteiger partial charge < -0.3 is 51.0 Å². The molecule has 15 nitrogen and oxygen atoms in total. The number of aromatic nitrogens is 4. The fraction of sp³-hybridized carbons (Fsp3) is 0.462. The number of carbonyl (C=O) groups excluding carboxylic acids is 3. The quantitative estimate of drug-likeness (QED) is 0.0638. The number of nitrogens with two attached hydrogens (primary N) is 2. The van der Waals surface area contributed by atoms with E-state index in [1.807, 2.05) is 74.6 Å². The number of benzene rings is 2. The Hall–Kier alpha value is -5.41. The summed E-state index contributed by atoms with van der Waals surface area (Å²) in [5.74, 6) is 4.79. The highest BCUT2D eigenvalue weighted by Crippen LogP contribution is 2.47. The van der Waals surface area contributed by atoms with Gasteiger partial charge in [-0.1, -0.05) is 13.8 Å². The number of aliphatic hydroxyl groups is 1. The first-order chi connectivity index (χ1) is 26.2. The van der Waals surface area contributed by atoms with E-state index >= 15 is 0 Å². The number of H-pyrrole nitrogens is 2. The third-order valence-corrected chi connectivity index (χ3v) is 8.09. The zero-order valence-corrected chi connectivity index (χ0v) is 32.5. The van der Waals surface area contributed by atoms with Crippen LogP contribution in [-0.2, 0) is 27.2 Å². The van der Waals surface area contributed by atoms with E-state index < -0.39 is 6.09 Å². The Morgan fingerprint density at radius 3 is 1.74 bits per heavy atom. The second kappa shape index (κ2) is 24.8. The molecule has 0 fully saturated rings. The van der Waals surface area contributed by atoms with Crippen LogP contribution in [0.5, 0.6) is 23.0 Å². The number of unbranched alkanes of at least 4 members (excludes halogenated alkanes) is 2. The normalized spacial score (nSPS) is 10.6. The fourth-order valence-corrected chi connectivity index (χ4v) is 5.32. The second-order valence-electron chi connectivity index (χ2n) is 12.1. The number of fused-ring (bicyclic) bond motifs is 2. The Kier molecular flexibility index (Phi) is 20.5. The van der Waals surface area contributed by atoms with Crippen LogP contribution in [0.15, 0.2) is 48.8 Å². The summed E-state index contributed by atoms with van der Waals surface area (Å²) in [6.45, 7) is 5.50. The van der Waals surface area contributed by atoms with E-state index in [9.17, 15) is 14.4 Å². The molecule has 0 radical (unpaired) electrons. The summed E-state index contributed by atoms with van der Waals surface area (Å²) in [7, 11) is 5.60. The Morgan fingerprint density at radius 2 is 1.28 bits per heavy atom. The van der Waals surface area contributed by atoms with E-state index in [1.165, 1.54) is 14.2 Å². The molecular weight excluding hydrogens is 692 g/mol. The fourth-order valence-electron chi connectivity index (χ4n) is 5.32. The van der Waals surface area contributed by atoms with Gasteiger partial charge in [-0.25, -0.2) is 14.8 Å². The van der Waals surface area contributed by atoms with E-state index in [0.717, 1.165) is 99.2 Å². The summed E-state index contributed by atoms with van der Waals surface area (Å²) < 4.78 is 16.4. The van der Waals surface area contributed by atoms with Crippen LogP contribution in [0.25, 0.3) is 22.5 Å². The molecule has 54 heavy (non-hydrogen) atoms. The number of nitrogens with one attached hydrogen (secondary N) is 3. The lowest BCUT2D eigenvalue weighted by Crippen LogP contribution is -2.27. The van der Waals surface area contributed by atoms with E-state index in [4.69, 9.17) is 14.6 Å². The molecular formula is C39H58N8O7. The lowest BCUT2D eigenvalue weighted by molar-refractivity contribution is -0.130. The first-order valence-corrected chi connectivity index (χ1v) is 18.3. The molecule has 2 aromatic heterocycles. The van der Waals surface area contributed by atoms with Crippen molar-refractivity contribution in [1.29, 1.82) is 0 Å². The molecule has 3 amide bonds. The van der Waals surface area contributed by atoms with Crippen LogP contribution >= 0.6 is 0 Å². The average Bonchev–Trinajstić information content (AvgIpc) is 3.87. The molecule has 0 unspecified atom stereocenters. The molecule has 8 N–H and O–H groups in total. The molecule has 1 aliphatic heterocycles. The zero-order valence-electron chi connectivity index (χ0n) is 32.5. The molecule has 4 aromatic rings. The van der Waals surface area contributed by atoms with Crippen molar-refractivity contribution in [2.45, 2.75) is 78.1 Å². The van der Waals surface area contributed by atoms with E-state index in [2.05, 4.69) is 41.5 Å². The number of aromatic amines is 2. The van der Waals surface area contributed by atoms with Crippen LogP contribution in [0.1, 0.15) is 76.9 Å².